The molecule has 0 aliphatic heterocycles. The quantitative estimate of drug-likeness (QED) is 0.417. The van der Waals surface area contributed by atoms with E-state index in [9.17, 15) is 23.2 Å². The third-order valence-corrected chi connectivity index (χ3v) is 7.85. The Labute approximate surface area is 196 Å². The maximum Gasteiger partial charge on any atom is 0.514 e. The van der Waals surface area contributed by atoms with Gasteiger partial charge < -0.3 is 19.3 Å². The van der Waals surface area contributed by atoms with Gasteiger partial charge >= 0.3 is 24.0 Å². The molecule has 7 nitrogen and oxygen atoms in total. The summed E-state index contributed by atoms with van der Waals surface area (Å²) in [5, 5.41) is 8.76. The number of fused-ring (bicyclic) bond motifs is 5. The minimum absolute atomic E-state index is 0.0834. The summed E-state index contributed by atoms with van der Waals surface area (Å²) in [5.74, 6) is -6.17. The number of aliphatic carboxylic acids is 1. The first-order valence-corrected chi connectivity index (χ1v) is 11.8. The number of halogens is 2. The number of alkyl halides is 2. The molecule has 3 saturated carbocycles. The van der Waals surface area contributed by atoms with E-state index in [1.54, 1.807) is 0 Å². The third kappa shape index (κ3) is 4.36. The second-order valence-electron chi connectivity index (χ2n) is 10.4. The molecule has 3 aliphatic rings. The normalized spacial score (nSPS) is 30.6. The first-order valence-electron chi connectivity index (χ1n) is 11.8. The summed E-state index contributed by atoms with van der Waals surface area (Å²) < 4.78 is 43.7. The predicted octanol–water partition coefficient (Wildman–Crippen LogP) is 5.32. The first-order chi connectivity index (χ1) is 15.9. The Kier molecular flexibility index (Phi) is 6.33. The largest absolute Gasteiger partial charge is 0.514 e. The number of carboxylic acids is 1. The predicted molar refractivity (Wildman–Crippen MR) is 116 cm³/mol. The molecule has 0 spiro atoms. The second kappa shape index (κ2) is 8.82. The summed E-state index contributed by atoms with van der Waals surface area (Å²) in [7, 11) is 0. The molecule has 4 rings (SSSR count). The number of carbonyl (C=O) groups excluding carboxylic acids is 2. The van der Waals surface area contributed by atoms with E-state index in [2.05, 4.69) is 0 Å². The van der Waals surface area contributed by atoms with E-state index in [1.807, 2.05) is 6.92 Å². The highest BCUT2D eigenvalue weighted by Crippen LogP contribution is 2.63. The van der Waals surface area contributed by atoms with Crippen molar-refractivity contribution in [2.75, 3.05) is 0 Å². The van der Waals surface area contributed by atoms with Crippen LogP contribution >= 0.6 is 0 Å². The number of ether oxygens (including phenoxy) is 3. The fraction of sp³-hybridized carbons (Fsp3) is 0.640. The molecule has 0 radical (unpaired) electrons. The molecule has 1 aromatic rings. The monoisotopic (exact) mass is 480 g/mol. The van der Waals surface area contributed by atoms with Crippen molar-refractivity contribution in [3.63, 3.8) is 0 Å². The molecule has 0 aromatic heterocycles. The maximum absolute atomic E-state index is 13.9. The molecule has 6 atom stereocenters. The van der Waals surface area contributed by atoms with Crippen LogP contribution in [0.15, 0.2) is 24.3 Å². The number of benzene rings is 1. The molecule has 1 aromatic carbocycles. The molecule has 3 fully saturated rings. The second-order valence-corrected chi connectivity index (χ2v) is 10.4. The van der Waals surface area contributed by atoms with Crippen LogP contribution in [0.1, 0.15) is 63.2 Å². The highest BCUT2D eigenvalue weighted by molar-refractivity contribution is 5.90. The lowest BCUT2D eigenvalue weighted by Crippen LogP contribution is -2.47. The van der Waals surface area contributed by atoms with Crippen molar-refractivity contribution in [2.24, 2.45) is 29.6 Å². The van der Waals surface area contributed by atoms with Gasteiger partial charge in [0.25, 0.3) is 0 Å². The zero-order chi connectivity index (χ0) is 24.8. The SMILES string of the molecule is CC(C)C(OC(=O)c1ccc(OC(=O)OC2(C)CC3CC2C2CCCC32)cc1)C(F)(F)C(=O)O. The lowest BCUT2D eigenvalue weighted by molar-refractivity contribution is -0.187. The molecule has 186 valence electrons. The molecule has 9 heteroatoms. The van der Waals surface area contributed by atoms with Crippen LogP contribution in [0.2, 0.25) is 0 Å². The van der Waals surface area contributed by atoms with Crippen LogP contribution < -0.4 is 4.74 Å². The van der Waals surface area contributed by atoms with E-state index < -0.39 is 41.6 Å². The van der Waals surface area contributed by atoms with Crippen LogP contribution in [0.4, 0.5) is 13.6 Å². The van der Waals surface area contributed by atoms with Gasteiger partial charge in [-0.3, -0.25) is 0 Å². The van der Waals surface area contributed by atoms with E-state index in [0.717, 1.165) is 18.8 Å². The van der Waals surface area contributed by atoms with Gasteiger partial charge in [0, 0.05) is 5.92 Å². The Morgan fingerprint density at radius 2 is 1.76 bits per heavy atom. The Balaban J connectivity index is 1.35. The van der Waals surface area contributed by atoms with E-state index in [1.165, 1.54) is 57.4 Å². The van der Waals surface area contributed by atoms with E-state index in [4.69, 9.17) is 19.3 Å². The van der Waals surface area contributed by atoms with Crippen LogP contribution in [-0.2, 0) is 14.3 Å². The van der Waals surface area contributed by atoms with Crippen molar-refractivity contribution in [3.05, 3.63) is 29.8 Å². The van der Waals surface area contributed by atoms with Gasteiger partial charge in [-0.15, -0.1) is 0 Å². The zero-order valence-corrected chi connectivity index (χ0v) is 19.5. The molecule has 0 saturated heterocycles. The summed E-state index contributed by atoms with van der Waals surface area (Å²) in [6.45, 7) is 4.65. The smallest absolute Gasteiger partial charge is 0.477 e. The van der Waals surface area contributed by atoms with Gasteiger partial charge in [-0.2, -0.15) is 8.78 Å². The fourth-order valence-corrected chi connectivity index (χ4v) is 6.40. The summed E-state index contributed by atoms with van der Waals surface area (Å²) in [5.41, 5.74) is -0.627. The first kappa shape index (κ1) is 24.4. The molecule has 34 heavy (non-hydrogen) atoms. The lowest BCUT2D eigenvalue weighted by atomic mass is 9.74. The third-order valence-electron chi connectivity index (χ3n) is 7.85. The van der Waals surface area contributed by atoms with E-state index >= 15 is 0 Å². The van der Waals surface area contributed by atoms with Gasteiger partial charge in [0.05, 0.1) is 5.56 Å². The van der Waals surface area contributed by atoms with Gasteiger partial charge in [-0.25, -0.2) is 14.4 Å². The Morgan fingerprint density at radius 1 is 1.12 bits per heavy atom. The van der Waals surface area contributed by atoms with Crippen molar-refractivity contribution in [1.82, 2.24) is 0 Å². The summed E-state index contributed by atoms with van der Waals surface area (Å²) >= 11 is 0. The molecule has 3 aliphatic carbocycles. The van der Waals surface area contributed by atoms with Crippen molar-refractivity contribution in [2.45, 2.75) is 70.5 Å². The number of hydrogen-bond donors (Lipinski definition) is 1. The van der Waals surface area contributed by atoms with Crippen LogP contribution in [0.3, 0.4) is 0 Å². The molecule has 2 bridgehead atoms. The molecular weight excluding hydrogens is 450 g/mol. The lowest BCUT2D eigenvalue weighted by Gasteiger charge is -2.39. The molecule has 1 N–H and O–H groups in total. The van der Waals surface area contributed by atoms with Crippen molar-refractivity contribution in [3.8, 4) is 5.75 Å². The van der Waals surface area contributed by atoms with Crippen LogP contribution in [0.5, 0.6) is 5.75 Å². The molecule has 6 unspecified atom stereocenters. The number of rotatable bonds is 7. The van der Waals surface area contributed by atoms with Crippen LogP contribution in [-0.4, -0.2) is 40.8 Å². The topological polar surface area (TPSA) is 99.1 Å². The van der Waals surface area contributed by atoms with Gasteiger partial charge in [-0.05, 0) is 80.5 Å². The van der Waals surface area contributed by atoms with Crippen LogP contribution in [0, 0.1) is 29.6 Å². The minimum atomic E-state index is -4.23. The highest BCUT2D eigenvalue weighted by Gasteiger charge is 2.61. The van der Waals surface area contributed by atoms with Gasteiger partial charge in [-0.1, -0.05) is 20.3 Å². The molecule has 0 amide bonds. The summed E-state index contributed by atoms with van der Waals surface area (Å²) in [4.78, 5) is 35.7. The average Bonchev–Trinajstić information content (AvgIpc) is 3.44. The fourth-order valence-electron chi connectivity index (χ4n) is 6.40. The van der Waals surface area contributed by atoms with E-state index in [0.29, 0.717) is 17.8 Å². The van der Waals surface area contributed by atoms with Crippen molar-refractivity contribution in [1.29, 1.82) is 0 Å². The number of carbonyl (C=O) groups is 3. The van der Waals surface area contributed by atoms with E-state index in [-0.39, 0.29) is 11.3 Å². The Bertz CT molecular complexity index is 961. The number of carboxylic acid groups (broad SMARTS) is 1. The Hall–Kier alpha value is -2.71. The number of esters is 1. The van der Waals surface area contributed by atoms with Gasteiger partial charge in [0.1, 0.15) is 11.4 Å². The molecule has 0 heterocycles. The van der Waals surface area contributed by atoms with Gasteiger partial charge in [0.15, 0.2) is 6.10 Å². The standard InChI is InChI=1S/C25H30F2O7/c1-13(2)20(25(26,27)22(29)30)33-21(28)14-7-9-16(10-8-14)32-23(31)34-24(3)12-15-11-19(24)18-6-4-5-17(15)18/h7-10,13,15,17-20H,4-6,11-12H2,1-3H3,(H,29,30). The summed E-state index contributed by atoms with van der Waals surface area (Å²) in [6, 6.07) is 5.16. The molecular formula is C25H30F2O7. The Morgan fingerprint density at radius 3 is 2.38 bits per heavy atom. The van der Waals surface area contributed by atoms with Crippen LogP contribution in [0.25, 0.3) is 0 Å². The van der Waals surface area contributed by atoms with Gasteiger partial charge in [0.2, 0.25) is 0 Å². The highest BCUT2D eigenvalue weighted by atomic mass is 19.3. The van der Waals surface area contributed by atoms with Crippen molar-refractivity contribution >= 4 is 18.1 Å². The number of hydrogen-bond acceptors (Lipinski definition) is 6. The maximum atomic E-state index is 13.9. The van der Waals surface area contributed by atoms with Crippen molar-refractivity contribution < 1.29 is 42.5 Å². The minimum Gasteiger partial charge on any atom is -0.477 e. The average molecular weight is 481 g/mol. The zero-order valence-electron chi connectivity index (χ0n) is 19.5. The summed E-state index contributed by atoms with van der Waals surface area (Å²) in [6.07, 6.45) is 2.68.